The summed E-state index contributed by atoms with van der Waals surface area (Å²) in [6, 6.07) is 17.2. The molecule has 2 nitrogen and oxygen atoms in total. The number of anilines is 2. The van der Waals surface area contributed by atoms with Crippen LogP contribution < -0.4 is 4.90 Å². The highest BCUT2D eigenvalue weighted by atomic mass is 19.1. The highest BCUT2D eigenvalue weighted by molar-refractivity contribution is 5.63. The summed E-state index contributed by atoms with van der Waals surface area (Å²) in [6.07, 6.45) is 5.21. The summed E-state index contributed by atoms with van der Waals surface area (Å²) in [5, 5.41) is 0. The summed E-state index contributed by atoms with van der Waals surface area (Å²) in [5.74, 6) is -0.473. The largest absolute Gasteiger partial charge is 0.339 e. The van der Waals surface area contributed by atoms with Crippen LogP contribution >= 0.6 is 0 Å². The molecule has 0 aliphatic heterocycles. The zero-order valence-corrected chi connectivity index (χ0v) is 14.1. The van der Waals surface area contributed by atoms with E-state index in [0.717, 1.165) is 29.8 Å². The van der Waals surface area contributed by atoms with Crippen LogP contribution in [0.5, 0.6) is 0 Å². The Labute approximate surface area is 146 Å². The maximum Gasteiger partial charge on any atom is 0.123 e. The molecule has 3 rings (SSSR count). The highest BCUT2D eigenvalue weighted by Crippen LogP contribution is 2.29. The zero-order valence-electron chi connectivity index (χ0n) is 14.1. The second kappa shape index (κ2) is 7.88. The van der Waals surface area contributed by atoms with E-state index in [2.05, 4.69) is 16.8 Å². The molecule has 0 N–H and O–H groups in total. The average molecular weight is 338 g/mol. The molecule has 0 amide bonds. The van der Waals surface area contributed by atoms with Gasteiger partial charge in [-0.05, 0) is 73.9 Å². The van der Waals surface area contributed by atoms with Crippen LogP contribution in [0, 0.1) is 11.6 Å². The standard InChI is InChI=1S/C21H20F2N2/c1-16(2-3-17-4-6-18(22)7-5-17)25(21-12-14-24-15-13-21)20-10-8-19(23)9-11-20/h4-16H,2-3H2,1H3. The molecule has 0 aliphatic rings. The minimum absolute atomic E-state index is 0.179. The van der Waals surface area contributed by atoms with Crippen LogP contribution in [0.1, 0.15) is 18.9 Å². The number of aryl methyl sites for hydroxylation is 1. The van der Waals surface area contributed by atoms with Gasteiger partial charge in [-0.1, -0.05) is 12.1 Å². The Kier molecular flexibility index (Phi) is 5.39. The summed E-state index contributed by atoms with van der Waals surface area (Å²) < 4.78 is 26.3. The Morgan fingerprint density at radius 2 is 1.32 bits per heavy atom. The van der Waals surface area contributed by atoms with Crippen molar-refractivity contribution in [1.29, 1.82) is 0 Å². The van der Waals surface area contributed by atoms with E-state index >= 15 is 0 Å². The fourth-order valence-electron chi connectivity index (χ4n) is 2.92. The van der Waals surface area contributed by atoms with E-state index in [0.29, 0.717) is 0 Å². The Morgan fingerprint density at radius 1 is 0.800 bits per heavy atom. The Bertz CT molecular complexity index is 786. The van der Waals surface area contributed by atoms with E-state index in [9.17, 15) is 8.78 Å². The number of halogens is 2. The van der Waals surface area contributed by atoms with Gasteiger partial charge in [0.25, 0.3) is 0 Å². The SMILES string of the molecule is CC(CCc1ccc(F)cc1)N(c1ccncc1)c1ccc(F)cc1. The number of rotatable bonds is 6. The number of hydrogen-bond donors (Lipinski definition) is 0. The Morgan fingerprint density at radius 3 is 1.92 bits per heavy atom. The average Bonchev–Trinajstić information content (AvgIpc) is 2.64. The number of aromatic nitrogens is 1. The molecule has 4 heteroatoms. The first-order valence-electron chi connectivity index (χ1n) is 8.33. The molecule has 0 saturated carbocycles. The normalized spacial score (nSPS) is 12.0. The van der Waals surface area contributed by atoms with Crippen LogP contribution in [0.2, 0.25) is 0 Å². The van der Waals surface area contributed by atoms with Gasteiger partial charge in [-0.2, -0.15) is 0 Å². The molecule has 1 unspecified atom stereocenters. The van der Waals surface area contributed by atoms with E-state index in [1.165, 1.54) is 24.3 Å². The van der Waals surface area contributed by atoms with E-state index in [-0.39, 0.29) is 17.7 Å². The molecular weight excluding hydrogens is 318 g/mol. The molecule has 0 bridgehead atoms. The molecule has 0 fully saturated rings. The van der Waals surface area contributed by atoms with Crippen molar-refractivity contribution in [2.45, 2.75) is 25.8 Å². The Hall–Kier alpha value is -2.75. The first-order chi connectivity index (χ1) is 12.1. The van der Waals surface area contributed by atoms with Gasteiger partial charge in [0.15, 0.2) is 0 Å². The van der Waals surface area contributed by atoms with Gasteiger partial charge in [0, 0.05) is 29.8 Å². The molecule has 0 aliphatic carbocycles. The van der Waals surface area contributed by atoms with Crippen molar-refractivity contribution in [2.75, 3.05) is 4.90 Å². The molecule has 25 heavy (non-hydrogen) atoms. The summed E-state index contributed by atoms with van der Waals surface area (Å²) in [5.41, 5.74) is 3.04. The van der Waals surface area contributed by atoms with E-state index in [1.807, 2.05) is 24.3 Å². The van der Waals surface area contributed by atoms with E-state index < -0.39 is 0 Å². The van der Waals surface area contributed by atoms with Gasteiger partial charge >= 0.3 is 0 Å². The van der Waals surface area contributed by atoms with Gasteiger partial charge in [-0.25, -0.2) is 8.78 Å². The molecule has 0 radical (unpaired) electrons. The smallest absolute Gasteiger partial charge is 0.123 e. The van der Waals surface area contributed by atoms with Gasteiger partial charge in [-0.15, -0.1) is 0 Å². The monoisotopic (exact) mass is 338 g/mol. The fraction of sp³-hybridized carbons (Fsp3) is 0.190. The number of nitrogens with zero attached hydrogens (tertiary/aromatic N) is 2. The molecule has 128 valence electrons. The molecule has 3 aromatic rings. The van der Waals surface area contributed by atoms with Crippen LogP contribution in [0.15, 0.2) is 73.1 Å². The highest BCUT2D eigenvalue weighted by Gasteiger charge is 2.17. The third-order valence-corrected chi connectivity index (χ3v) is 4.25. The van der Waals surface area contributed by atoms with Crippen molar-refractivity contribution >= 4 is 11.4 Å². The number of benzene rings is 2. The molecule has 0 spiro atoms. The maximum atomic E-state index is 13.3. The van der Waals surface area contributed by atoms with Crippen LogP contribution in [0.3, 0.4) is 0 Å². The van der Waals surface area contributed by atoms with Crippen molar-refractivity contribution in [3.63, 3.8) is 0 Å². The first-order valence-corrected chi connectivity index (χ1v) is 8.33. The van der Waals surface area contributed by atoms with E-state index in [1.54, 1.807) is 24.5 Å². The zero-order chi connectivity index (χ0) is 17.6. The Balaban J connectivity index is 1.80. The van der Waals surface area contributed by atoms with Crippen LogP contribution in [-0.4, -0.2) is 11.0 Å². The van der Waals surface area contributed by atoms with Gasteiger partial charge in [0.05, 0.1) is 0 Å². The lowest BCUT2D eigenvalue weighted by molar-refractivity contribution is 0.620. The molecule has 1 aromatic heterocycles. The second-order valence-corrected chi connectivity index (χ2v) is 6.07. The second-order valence-electron chi connectivity index (χ2n) is 6.07. The lowest BCUT2D eigenvalue weighted by atomic mass is 10.0. The van der Waals surface area contributed by atoms with Crippen LogP contribution in [0.25, 0.3) is 0 Å². The summed E-state index contributed by atoms with van der Waals surface area (Å²) in [4.78, 5) is 6.25. The van der Waals surface area contributed by atoms with Crippen molar-refractivity contribution in [3.05, 3.63) is 90.3 Å². The van der Waals surface area contributed by atoms with Crippen LogP contribution in [-0.2, 0) is 6.42 Å². The minimum atomic E-state index is -0.252. The summed E-state index contributed by atoms with van der Waals surface area (Å²) >= 11 is 0. The molecular formula is C21H20F2N2. The maximum absolute atomic E-state index is 13.3. The predicted molar refractivity (Wildman–Crippen MR) is 97.0 cm³/mol. The fourth-order valence-corrected chi connectivity index (χ4v) is 2.92. The van der Waals surface area contributed by atoms with Crippen molar-refractivity contribution < 1.29 is 8.78 Å². The summed E-state index contributed by atoms with van der Waals surface area (Å²) in [6.45, 7) is 2.13. The van der Waals surface area contributed by atoms with Crippen molar-refractivity contribution in [2.24, 2.45) is 0 Å². The van der Waals surface area contributed by atoms with Crippen molar-refractivity contribution in [3.8, 4) is 0 Å². The third kappa shape index (κ3) is 4.41. The first kappa shape index (κ1) is 17.1. The summed E-state index contributed by atoms with van der Waals surface area (Å²) in [7, 11) is 0. The lowest BCUT2D eigenvalue weighted by Gasteiger charge is -2.31. The lowest BCUT2D eigenvalue weighted by Crippen LogP contribution is -2.29. The molecule has 1 atom stereocenters. The van der Waals surface area contributed by atoms with Gasteiger partial charge < -0.3 is 4.90 Å². The van der Waals surface area contributed by atoms with Gasteiger partial charge in [-0.3, -0.25) is 4.98 Å². The van der Waals surface area contributed by atoms with Crippen LogP contribution in [0.4, 0.5) is 20.2 Å². The van der Waals surface area contributed by atoms with Gasteiger partial charge in [0.1, 0.15) is 11.6 Å². The number of hydrogen-bond acceptors (Lipinski definition) is 2. The van der Waals surface area contributed by atoms with Crippen molar-refractivity contribution in [1.82, 2.24) is 4.98 Å². The third-order valence-electron chi connectivity index (χ3n) is 4.25. The quantitative estimate of drug-likeness (QED) is 0.588. The molecule has 2 aromatic carbocycles. The minimum Gasteiger partial charge on any atom is -0.339 e. The molecule has 0 saturated heterocycles. The predicted octanol–water partition coefficient (Wildman–Crippen LogP) is 5.52. The van der Waals surface area contributed by atoms with E-state index in [4.69, 9.17) is 0 Å². The van der Waals surface area contributed by atoms with Gasteiger partial charge in [0.2, 0.25) is 0 Å². The molecule has 1 heterocycles. The topological polar surface area (TPSA) is 16.1 Å². The number of pyridine rings is 1.